The molecule has 1 saturated carbocycles. The summed E-state index contributed by atoms with van der Waals surface area (Å²) in [4.78, 5) is 23.6. The van der Waals surface area contributed by atoms with Crippen molar-refractivity contribution in [2.24, 2.45) is 17.3 Å². The lowest BCUT2D eigenvalue weighted by molar-refractivity contribution is -0.152. The Bertz CT molecular complexity index is 350. The molecule has 4 nitrogen and oxygen atoms in total. The number of amides is 1. The van der Waals surface area contributed by atoms with Crippen LogP contribution in [-0.4, -0.2) is 23.0 Å². The summed E-state index contributed by atoms with van der Waals surface area (Å²) in [5.74, 6) is 0.234. The molecule has 20 heavy (non-hydrogen) atoms. The molecular weight excluding hydrogens is 254 g/mol. The minimum Gasteiger partial charge on any atom is -0.481 e. The number of carboxylic acid groups (broad SMARTS) is 1. The van der Waals surface area contributed by atoms with Crippen LogP contribution in [0, 0.1) is 17.3 Å². The van der Waals surface area contributed by atoms with Gasteiger partial charge in [-0.15, -0.1) is 0 Å². The first kappa shape index (κ1) is 17.0. The quantitative estimate of drug-likeness (QED) is 0.786. The first-order valence-electron chi connectivity index (χ1n) is 7.87. The molecule has 0 radical (unpaired) electrons. The summed E-state index contributed by atoms with van der Waals surface area (Å²) in [5, 5.41) is 12.5. The van der Waals surface area contributed by atoms with E-state index in [2.05, 4.69) is 19.2 Å². The van der Waals surface area contributed by atoms with E-state index in [9.17, 15) is 14.7 Å². The third-order valence-electron chi connectivity index (χ3n) is 5.08. The maximum absolute atomic E-state index is 12.2. The summed E-state index contributed by atoms with van der Waals surface area (Å²) >= 11 is 0. The maximum atomic E-state index is 12.2. The number of nitrogens with one attached hydrogen (secondary N) is 1. The molecule has 1 amide bonds. The smallest absolute Gasteiger partial charge is 0.310 e. The fourth-order valence-electron chi connectivity index (χ4n) is 3.32. The van der Waals surface area contributed by atoms with E-state index in [1.165, 1.54) is 0 Å². The van der Waals surface area contributed by atoms with Gasteiger partial charge in [0.1, 0.15) is 0 Å². The molecule has 0 aromatic rings. The Morgan fingerprint density at radius 2 is 1.80 bits per heavy atom. The molecule has 0 aromatic heterocycles. The second-order valence-electron chi connectivity index (χ2n) is 6.54. The number of rotatable bonds is 6. The molecule has 0 bridgehead atoms. The standard InChI is InChI=1S/C16H29NO3/c1-5-16(6-2,15(19)20)10-14(18)17-13-8-7-11(3)9-12(13)4/h11-13H,5-10H2,1-4H3,(H,17,18)(H,19,20). The third-order valence-corrected chi connectivity index (χ3v) is 5.08. The zero-order valence-electron chi connectivity index (χ0n) is 13.2. The van der Waals surface area contributed by atoms with Crippen molar-refractivity contribution in [1.29, 1.82) is 0 Å². The largest absolute Gasteiger partial charge is 0.481 e. The Morgan fingerprint density at radius 1 is 1.20 bits per heavy atom. The van der Waals surface area contributed by atoms with Crippen molar-refractivity contribution in [1.82, 2.24) is 5.32 Å². The Balaban J connectivity index is 2.60. The van der Waals surface area contributed by atoms with Crippen molar-refractivity contribution in [2.45, 2.75) is 72.3 Å². The predicted molar refractivity (Wildman–Crippen MR) is 79.4 cm³/mol. The van der Waals surface area contributed by atoms with E-state index in [4.69, 9.17) is 0 Å². The third kappa shape index (κ3) is 3.97. The number of hydrogen-bond acceptors (Lipinski definition) is 2. The van der Waals surface area contributed by atoms with Crippen LogP contribution in [0.2, 0.25) is 0 Å². The van der Waals surface area contributed by atoms with Gasteiger partial charge < -0.3 is 10.4 Å². The Morgan fingerprint density at radius 3 is 2.25 bits per heavy atom. The molecule has 4 heteroatoms. The lowest BCUT2D eigenvalue weighted by Gasteiger charge is -2.34. The van der Waals surface area contributed by atoms with E-state index in [1.54, 1.807) is 0 Å². The highest BCUT2D eigenvalue weighted by Crippen LogP contribution is 2.32. The fourth-order valence-corrected chi connectivity index (χ4v) is 3.32. The van der Waals surface area contributed by atoms with Crippen LogP contribution in [0.25, 0.3) is 0 Å². The average molecular weight is 283 g/mol. The molecule has 3 unspecified atom stereocenters. The second-order valence-corrected chi connectivity index (χ2v) is 6.54. The summed E-state index contributed by atoms with van der Waals surface area (Å²) in [5.41, 5.74) is -0.907. The Hall–Kier alpha value is -1.06. The summed E-state index contributed by atoms with van der Waals surface area (Å²) in [7, 11) is 0. The predicted octanol–water partition coefficient (Wildman–Crippen LogP) is 3.21. The number of carboxylic acids is 1. The SMILES string of the molecule is CCC(CC)(CC(=O)NC1CCC(C)CC1C)C(=O)O. The van der Waals surface area contributed by atoms with Gasteiger partial charge in [-0.25, -0.2) is 0 Å². The minimum atomic E-state index is -0.907. The van der Waals surface area contributed by atoms with Crippen LogP contribution in [0.15, 0.2) is 0 Å². The van der Waals surface area contributed by atoms with Crippen molar-refractivity contribution in [3.8, 4) is 0 Å². The van der Waals surface area contributed by atoms with Gasteiger partial charge in [-0.05, 0) is 43.9 Å². The lowest BCUT2D eigenvalue weighted by Crippen LogP contribution is -2.45. The van der Waals surface area contributed by atoms with Gasteiger partial charge in [0.05, 0.1) is 5.41 Å². The number of carbonyl (C=O) groups is 2. The van der Waals surface area contributed by atoms with Crippen molar-refractivity contribution < 1.29 is 14.7 Å². The lowest BCUT2D eigenvalue weighted by atomic mass is 9.77. The first-order valence-corrected chi connectivity index (χ1v) is 7.87. The molecule has 1 rings (SSSR count). The van der Waals surface area contributed by atoms with Gasteiger partial charge in [0.25, 0.3) is 0 Å². The molecular formula is C16H29NO3. The summed E-state index contributed by atoms with van der Waals surface area (Å²) in [6, 6.07) is 0.207. The molecule has 3 atom stereocenters. The van der Waals surface area contributed by atoms with E-state index in [-0.39, 0.29) is 18.4 Å². The average Bonchev–Trinajstić information content (AvgIpc) is 2.39. The van der Waals surface area contributed by atoms with Crippen LogP contribution in [0.1, 0.15) is 66.2 Å². The summed E-state index contributed by atoms with van der Waals surface area (Å²) in [6.07, 6.45) is 4.35. The number of aliphatic carboxylic acids is 1. The summed E-state index contributed by atoms with van der Waals surface area (Å²) in [6.45, 7) is 8.11. The van der Waals surface area contributed by atoms with Gasteiger partial charge in [0.15, 0.2) is 0 Å². The van der Waals surface area contributed by atoms with Crippen LogP contribution in [0.3, 0.4) is 0 Å². The molecule has 0 heterocycles. The molecule has 0 spiro atoms. The van der Waals surface area contributed by atoms with Crippen LogP contribution < -0.4 is 5.32 Å². The van der Waals surface area contributed by atoms with E-state index >= 15 is 0 Å². The maximum Gasteiger partial charge on any atom is 0.310 e. The number of carbonyl (C=O) groups excluding carboxylic acids is 1. The topological polar surface area (TPSA) is 66.4 Å². The molecule has 1 aliphatic carbocycles. The van der Waals surface area contributed by atoms with Gasteiger partial charge in [-0.2, -0.15) is 0 Å². The van der Waals surface area contributed by atoms with E-state index in [0.29, 0.717) is 18.8 Å². The van der Waals surface area contributed by atoms with Crippen LogP contribution in [0.4, 0.5) is 0 Å². The van der Waals surface area contributed by atoms with Gasteiger partial charge in [0, 0.05) is 12.5 Å². The van der Waals surface area contributed by atoms with E-state index in [0.717, 1.165) is 25.2 Å². The Kier molecular flexibility index (Phi) is 6.03. The highest BCUT2D eigenvalue weighted by molar-refractivity contribution is 5.85. The molecule has 0 aliphatic heterocycles. The molecule has 0 aromatic carbocycles. The minimum absolute atomic E-state index is 0.0914. The Labute approximate surface area is 122 Å². The van der Waals surface area contributed by atoms with Gasteiger partial charge in [-0.3, -0.25) is 9.59 Å². The first-order chi connectivity index (χ1) is 9.34. The molecule has 0 saturated heterocycles. The molecule has 2 N–H and O–H groups in total. The van der Waals surface area contributed by atoms with Crippen molar-refractivity contribution >= 4 is 11.9 Å². The molecule has 1 fully saturated rings. The van der Waals surface area contributed by atoms with Gasteiger partial charge in [0.2, 0.25) is 5.91 Å². The van der Waals surface area contributed by atoms with Crippen LogP contribution in [-0.2, 0) is 9.59 Å². The van der Waals surface area contributed by atoms with Crippen molar-refractivity contribution in [2.75, 3.05) is 0 Å². The van der Waals surface area contributed by atoms with Crippen molar-refractivity contribution in [3.63, 3.8) is 0 Å². The van der Waals surface area contributed by atoms with Crippen LogP contribution in [0.5, 0.6) is 0 Å². The van der Waals surface area contributed by atoms with Gasteiger partial charge >= 0.3 is 5.97 Å². The highest BCUT2D eigenvalue weighted by Gasteiger charge is 2.38. The summed E-state index contributed by atoms with van der Waals surface area (Å²) < 4.78 is 0. The zero-order chi connectivity index (χ0) is 15.3. The fraction of sp³-hybridized carbons (Fsp3) is 0.875. The zero-order valence-corrected chi connectivity index (χ0v) is 13.2. The van der Waals surface area contributed by atoms with E-state index < -0.39 is 11.4 Å². The number of hydrogen-bond donors (Lipinski definition) is 2. The second kappa shape index (κ2) is 7.09. The highest BCUT2D eigenvalue weighted by atomic mass is 16.4. The van der Waals surface area contributed by atoms with Crippen molar-refractivity contribution in [3.05, 3.63) is 0 Å². The van der Waals surface area contributed by atoms with E-state index in [1.807, 2.05) is 13.8 Å². The molecule has 116 valence electrons. The van der Waals surface area contributed by atoms with Gasteiger partial charge in [-0.1, -0.05) is 27.7 Å². The monoisotopic (exact) mass is 283 g/mol. The van der Waals surface area contributed by atoms with Crippen LogP contribution >= 0.6 is 0 Å². The normalized spacial score (nSPS) is 27.1. The molecule has 1 aliphatic rings.